The third-order valence-corrected chi connectivity index (χ3v) is 3.73. The van der Waals surface area contributed by atoms with Gasteiger partial charge in [0.05, 0.1) is 6.20 Å². The summed E-state index contributed by atoms with van der Waals surface area (Å²) in [6.07, 6.45) is 3.98. The van der Waals surface area contributed by atoms with E-state index in [4.69, 9.17) is 0 Å². The summed E-state index contributed by atoms with van der Waals surface area (Å²) in [4.78, 5) is 12.3. The van der Waals surface area contributed by atoms with Crippen molar-refractivity contribution in [2.45, 2.75) is 20.4 Å². The zero-order valence-electron chi connectivity index (χ0n) is 11.7. The van der Waals surface area contributed by atoms with E-state index in [1.165, 1.54) is 5.69 Å². The summed E-state index contributed by atoms with van der Waals surface area (Å²) < 4.78 is 4.14. The van der Waals surface area contributed by atoms with Crippen molar-refractivity contribution >= 4 is 11.3 Å². The second kappa shape index (κ2) is 4.93. The number of hydrogen-bond acceptors (Lipinski definition) is 1. The van der Waals surface area contributed by atoms with Crippen molar-refractivity contribution in [3.63, 3.8) is 0 Å². The number of fused-ring (bicyclic) bond motifs is 1. The molecule has 0 amide bonds. The van der Waals surface area contributed by atoms with Crippen molar-refractivity contribution in [3.05, 3.63) is 71.8 Å². The Hall–Kier alpha value is -2.42. The molecular weight excluding hydrogens is 248 g/mol. The zero-order valence-corrected chi connectivity index (χ0v) is 11.7. The number of Topliss-reactive ketones (excluding diaryl/α,β-unsaturated/α-hetero) is 1. The van der Waals surface area contributed by atoms with Crippen LogP contribution in [0.15, 0.2) is 54.9 Å². The third-order valence-electron chi connectivity index (χ3n) is 3.73. The number of ketones is 1. The average molecular weight is 265 g/mol. The molecule has 0 aliphatic heterocycles. The SMILES string of the molecule is Cc1ccc2c(C)[n+](CC(=O)c3ccccc3)ccn12. The Balaban J connectivity index is 1.95. The van der Waals surface area contributed by atoms with Crippen LogP contribution < -0.4 is 4.57 Å². The van der Waals surface area contributed by atoms with Crippen molar-refractivity contribution in [3.8, 4) is 0 Å². The monoisotopic (exact) mass is 265 g/mol. The van der Waals surface area contributed by atoms with Crippen molar-refractivity contribution in [2.24, 2.45) is 0 Å². The normalized spacial score (nSPS) is 10.9. The molecule has 0 N–H and O–H groups in total. The van der Waals surface area contributed by atoms with E-state index < -0.39 is 0 Å². The summed E-state index contributed by atoms with van der Waals surface area (Å²) in [5.41, 5.74) is 4.20. The minimum absolute atomic E-state index is 0.131. The number of hydrogen-bond donors (Lipinski definition) is 0. The fourth-order valence-corrected chi connectivity index (χ4v) is 2.49. The van der Waals surface area contributed by atoms with E-state index in [0.29, 0.717) is 6.54 Å². The predicted molar refractivity (Wildman–Crippen MR) is 77.8 cm³/mol. The van der Waals surface area contributed by atoms with Gasteiger partial charge in [-0.1, -0.05) is 30.3 Å². The number of nitrogens with zero attached hydrogens (tertiary/aromatic N) is 2. The van der Waals surface area contributed by atoms with Crippen LogP contribution in [0.4, 0.5) is 0 Å². The van der Waals surface area contributed by atoms with Gasteiger partial charge in [-0.2, -0.15) is 4.57 Å². The summed E-state index contributed by atoms with van der Waals surface area (Å²) in [5.74, 6) is 0.131. The van der Waals surface area contributed by atoms with E-state index in [1.54, 1.807) is 0 Å². The van der Waals surface area contributed by atoms with Crippen LogP contribution in [0.2, 0.25) is 0 Å². The summed E-state index contributed by atoms with van der Waals surface area (Å²) in [5, 5.41) is 0. The molecule has 3 heteroatoms. The molecule has 2 heterocycles. The lowest BCUT2D eigenvalue weighted by atomic mass is 10.1. The molecule has 20 heavy (non-hydrogen) atoms. The molecule has 0 atom stereocenters. The second-order valence-electron chi connectivity index (χ2n) is 5.03. The second-order valence-corrected chi connectivity index (χ2v) is 5.03. The number of aryl methyl sites for hydroxylation is 2. The summed E-state index contributed by atoms with van der Waals surface area (Å²) in [7, 11) is 0. The summed E-state index contributed by atoms with van der Waals surface area (Å²) in [6.45, 7) is 4.50. The Bertz CT molecular complexity index is 772. The molecule has 0 unspecified atom stereocenters. The fourth-order valence-electron chi connectivity index (χ4n) is 2.49. The Morgan fingerprint density at radius 2 is 1.85 bits per heavy atom. The number of benzene rings is 1. The largest absolute Gasteiger partial charge is 0.310 e. The van der Waals surface area contributed by atoms with E-state index in [-0.39, 0.29) is 5.78 Å². The van der Waals surface area contributed by atoms with Crippen molar-refractivity contribution in [1.82, 2.24) is 4.40 Å². The smallest absolute Gasteiger partial charge is 0.227 e. The Labute approximate surface area is 118 Å². The average Bonchev–Trinajstić information content (AvgIpc) is 2.85. The van der Waals surface area contributed by atoms with Crippen LogP contribution in [-0.4, -0.2) is 10.2 Å². The first kappa shape index (κ1) is 12.6. The van der Waals surface area contributed by atoms with Crippen LogP contribution in [-0.2, 0) is 6.54 Å². The van der Waals surface area contributed by atoms with Gasteiger partial charge in [0.25, 0.3) is 0 Å². The molecular formula is C17H17N2O+. The molecule has 1 aromatic carbocycles. The molecule has 0 aliphatic rings. The van der Waals surface area contributed by atoms with Gasteiger partial charge in [0.2, 0.25) is 18.0 Å². The van der Waals surface area contributed by atoms with Crippen LogP contribution in [0.5, 0.6) is 0 Å². The molecule has 0 radical (unpaired) electrons. The first-order chi connectivity index (χ1) is 9.66. The van der Waals surface area contributed by atoms with Gasteiger partial charge in [-0.15, -0.1) is 0 Å². The van der Waals surface area contributed by atoms with E-state index in [2.05, 4.69) is 23.5 Å². The molecule has 3 rings (SSSR count). The molecule has 0 aliphatic carbocycles. The lowest BCUT2D eigenvalue weighted by Crippen LogP contribution is -2.41. The number of rotatable bonds is 3. The van der Waals surface area contributed by atoms with Crippen LogP contribution in [0.25, 0.3) is 5.52 Å². The lowest BCUT2D eigenvalue weighted by Gasteiger charge is -2.04. The molecule has 0 saturated heterocycles. The van der Waals surface area contributed by atoms with Gasteiger partial charge in [0, 0.05) is 18.2 Å². The molecule has 3 nitrogen and oxygen atoms in total. The quantitative estimate of drug-likeness (QED) is 0.528. The van der Waals surface area contributed by atoms with Gasteiger partial charge in [0.15, 0.2) is 6.20 Å². The van der Waals surface area contributed by atoms with E-state index in [9.17, 15) is 4.79 Å². The van der Waals surface area contributed by atoms with Gasteiger partial charge < -0.3 is 4.40 Å². The highest BCUT2D eigenvalue weighted by atomic mass is 16.1. The van der Waals surface area contributed by atoms with Gasteiger partial charge in [-0.05, 0) is 19.1 Å². The fraction of sp³-hybridized carbons (Fsp3) is 0.176. The van der Waals surface area contributed by atoms with Crippen molar-refractivity contribution in [1.29, 1.82) is 0 Å². The van der Waals surface area contributed by atoms with E-state index >= 15 is 0 Å². The molecule has 0 saturated carbocycles. The minimum Gasteiger partial charge on any atom is -0.310 e. The number of carbonyl (C=O) groups is 1. The molecule has 0 spiro atoms. The van der Waals surface area contributed by atoms with Crippen LogP contribution >= 0.6 is 0 Å². The first-order valence-corrected chi connectivity index (χ1v) is 6.72. The Morgan fingerprint density at radius 1 is 1.10 bits per heavy atom. The maximum absolute atomic E-state index is 12.3. The summed E-state index contributed by atoms with van der Waals surface area (Å²) >= 11 is 0. The van der Waals surface area contributed by atoms with Gasteiger partial charge in [-0.3, -0.25) is 4.79 Å². The summed E-state index contributed by atoms with van der Waals surface area (Å²) in [6, 6.07) is 13.6. The molecule has 0 fully saturated rings. The topological polar surface area (TPSA) is 25.4 Å². The maximum Gasteiger partial charge on any atom is 0.227 e. The van der Waals surface area contributed by atoms with E-state index in [1.807, 2.05) is 54.2 Å². The number of aromatic nitrogens is 2. The third kappa shape index (κ3) is 2.11. The van der Waals surface area contributed by atoms with Gasteiger partial charge in [-0.25, -0.2) is 0 Å². The highest BCUT2D eigenvalue weighted by Gasteiger charge is 2.16. The van der Waals surface area contributed by atoms with Crippen LogP contribution in [0.3, 0.4) is 0 Å². The molecule has 2 aromatic heterocycles. The van der Waals surface area contributed by atoms with Crippen LogP contribution in [0.1, 0.15) is 21.7 Å². The lowest BCUT2D eigenvalue weighted by molar-refractivity contribution is -0.688. The molecule has 0 bridgehead atoms. The first-order valence-electron chi connectivity index (χ1n) is 6.72. The standard InChI is InChI=1S/C17H17N2O/c1-13-8-9-16-14(2)18(10-11-19(13)16)12-17(20)15-6-4-3-5-7-15/h3-11H,12H2,1-2H3/q+1. The van der Waals surface area contributed by atoms with Crippen molar-refractivity contribution < 1.29 is 9.36 Å². The highest BCUT2D eigenvalue weighted by Crippen LogP contribution is 2.10. The van der Waals surface area contributed by atoms with Crippen molar-refractivity contribution in [2.75, 3.05) is 0 Å². The van der Waals surface area contributed by atoms with Crippen LogP contribution in [0, 0.1) is 13.8 Å². The highest BCUT2D eigenvalue weighted by molar-refractivity contribution is 5.94. The van der Waals surface area contributed by atoms with Gasteiger partial charge >= 0.3 is 0 Å². The molecule has 100 valence electrons. The van der Waals surface area contributed by atoms with Gasteiger partial charge in [0.1, 0.15) is 5.52 Å². The molecule has 3 aromatic rings. The zero-order chi connectivity index (χ0) is 14.1. The minimum atomic E-state index is 0.131. The number of carbonyl (C=O) groups excluding carboxylic acids is 1. The Kier molecular flexibility index (Phi) is 3.11. The maximum atomic E-state index is 12.3. The van der Waals surface area contributed by atoms with E-state index in [0.717, 1.165) is 16.8 Å². The predicted octanol–water partition coefficient (Wildman–Crippen LogP) is 2.73. The Morgan fingerprint density at radius 3 is 2.60 bits per heavy atom.